The molecule has 1 aromatic heterocycles. The number of piperazine rings is 1. The molecular formula is C20H23F2N5O. The van der Waals surface area contributed by atoms with Crippen LogP contribution in [0.4, 0.5) is 20.4 Å². The van der Waals surface area contributed by atoms with E-state index < -0.39 is 11.6 Å². The minimum Gasteiger partial charge on any atom is -0.363 e. The van der Waals surface area contributed by atoms with E-state index in [1.54, 1.807) is 4.90 Å². The van der Waals surface area contributed by atoms with Gasteiger partial charge in [0, 0.05) is 58.0 Å². The summed E-state index contributed by atoms with van der Waals surface area (Å²) in [6.07, 6.45) is 2.59. The molecular weight excluding hydrogens is 364 g/mol. The summed E-state index contributed by atoms with van der Waals surface area (Å²) in [4.78, 5) is 27.0. The first-order valence-electron chi connectivity index (χ1n) is 9.03. The summed E-state index contributed by atoms with van der Waals surface area (Å²) >= 11 is 0. The number of rotatable bonds is 4. The molecule has 0 atom stereocenters. The van der Waals surface area contributed by atoms with Crippen molar-refractivity contribution in [3.05, 3.63) is 53.4 Å². The highest BCUT2D eigenvalue weighted by Gasteiger charge is 2.21. The Morgan fingerprint density at radius 3 is 2.50 bits per heavy atom. The van der Waals surface area contributed by atoms with E-state index in [0.29, 0.717) is 32.0 Å². The van der Waals surface area contributed by atoms with Crippen LogP contribution in [0.2, 0.25) is 0 Å². The Kier molecular flexibility index (Phi) is 5.87. The summed E-state index contributed by atoms with van der Waals surface area (Å²) in [7, 11) is 3.85. The standard InChI is InChI=1S/C20H23F2N5O/c1-14-23-18(25(2)3)13-19(24-14)26-8-10-27(11-9-26)20(28)7-4-15-12-16(21)5-6-17(15)22/h4-7,12-13H,8-11H2,1-3H3/b7-4+. The van der Waals surface area contributed by atoms with E-state index in [4.69, 9.17) is 0 Å². The first-order chi connectivity index (χ1) is 13.3. The van der Waals surface area contributed by atoms with Crippen molar-refractivity contribution in [3.8, 4) is 0 Å². The van der Waals surface area contributed by atoms with Gasteiger partial charge in [-0.1, -0.05) is 0 Å². The molecule has 6 nitrogen and oxygen atoms in total. The molecule has 0 N–H and O–H groups in total. The van der Waals surface area contributed by atoms with Gasteiger partial charge in [0.15, 0.2) is 0 Å². The summed E-state index contributed by atoms with van der Waals surface area (Å²) in [6.45, 7) is 4.17. The van der Waals surface area contributed by atoms with Crippen LogP contribution in [0.25, 0.3) is 6.08 Å². The number of amides is 1. The Balaban J connectivity index is 1.63. The van der Waals surface area contributed by atoms with Gasteiger partial charge in [0.25, 0.3) is 0 Å². The molecule has 0 spiro atoms. The second-order valence-corrected chi connectivity index (χ2v) is 6.84. The van der Waals surface area contributed by atoms with E-state index in [1.165, 1.54) is 12.2 Å². The van der Waals surface area contributed by atoms with E-state index in [0.717, 1.165) is 29.8 Å². The number of halogens is 2. The van der Waals surface area contributed by atoms with Crippen LogP contribution < -0.4 is 9.80 Å². The topological polar surface area (TPSA) is 52.6 Å². The maximum Gasteiger partial charge on any atom is 0.246 e. The fourth-order valence-electron chi connectivity index (χ4n) is 2.99. The summed E-state index contributed by atoms with van der Waals surface area (Å²) in [5, 5.41) is 0. The number of aryl methyl sites for hydroxylation is 1. The average Bonchev–Trinajstić information content (AvgIpc) is 2.68. The summed E-state index contributed by atoms with van der Waals surface area (Å²) in [5.74, 6) is 1.03. The van der Waals surface area contributed by atoms with Crippen molar-refractivity contribution >= 4 is 23.6 Å². The number of carbonyl (C=O) groups excluding carboxylic acids is 1. The molecule has 148 valence electrons. The molecule has 1 aliphatic rings. The van der Waals surface area contributed by atoms with Crippen molar-refractivity contribution in [2.75, 3.05) is 50.1 Å². The number of anilines is 2. The zero-order valence-corrected chi connectivity index (χ0v) is 16.2. The van der Waals surface area contributed by atoms with Crippen LogP contribution in [0.5, 0.6) is 0 Å². The largest absolute Gasteiger partial charge is 0.363 e. The Morgan fingerprint density at radius 2 is 1.82 bits per heavy atom. The van der Waals surface area contributed by atoms with Crippen LogP contribution in [0.3, 0.4) is 0 Å². The van der Waals surface area contributed by atoms with Gasteiger partial charge in [-0.3, -0.25) is 4.79 Å². The van der Waals surface area contributed by atoms with E-state index in [-0.39, 0.29) is 11.5 Å². The zero-order valence-electron chi connectivity index (χ0n) is 16.2. The highest BCUT2D eigenvalue weighted by Crippen LogP contribution is 2.19. The maximum atomic E-state index is 13.7. The highest BCUT2D eigenvalue weighted by atomic mass is 19.1. The second kappa shape index (κ2) is 8.33. The molecule has 1 saturated heterocycles. The van der Waals surface area contributed by atoms with Gasteiger partial charge in [-0.05, 0) is 31.2 Å². The molecule has 0 aliphatic carbocycles. The van der Waals surface area contributed by atoms with Gasteiger partial charge in [0.1, 0.15) is 29.1 Å². The number of hydrogen-bond acceptors (Lipinski definition) is 5. The lowest BCUT2D eigenvalue weighted by atomic mass is 10.2. The van der Waals surface area contributed by atoms with Crippen LogP contribution in [-0.2, 0) is 4.79 Å². The molecule has 1 aliphatic heterocycles. The molecule has 2 heterocycles. The molecule has 0 saturated carbocycles. The van der Waals surface area contributed by atoms with Gasteiger partial charge in [-0.25, -0.2) is 18.7 Å². The lowest BCUT2D eigenvalue weighted by Crippen LogP contribution is -2.48. The summed E-state index contributed by atoms with van der Waals surface area (Å²) in [6, 6.07) is 5.09. The molecule has 3 rings (SSSR count). The molecule has 28 heavy (non-hydrogen) atoms. The smallest absolute Gasteiger partial charge is 0.246 e. The SMILES string of the molecule is Cc1nc(N(C)C)cc(N2CCN(C(=O)/C=C/c3cc(F)ccc3F)CC2)n1. The first kappa shape index (κ1) is 19.7. The minimum absolute atomic E-state index is 0.0552. The van der Waals surface area contributed by atoms with E-state index in [1.807, 2.05) is 32.0 Å². The Bertz CT molecular complexity index is 892. The zero-order chi connectivity index (χ0) is 20.3. The van der Waals surface area contributed by atoms with Gasteiger partial charge < -0.3 is 14.7 Å². The predicted octanol–water partition coefficient (Wildman–Crippen LogP) is 2.49. The predicted molar refractivity (Wildman–Crippen MR) is 105 cm³/mol. The van der Waals surface area contributed by atoms with Crippen molar-refractivity contribution in [1.82, 2.24) is 14.9 Å². The number of nitrogens with zero attached hydrogens (tertiary/aromatic N) is 5. The monoisotopic (exact) mass is 387 g/mol. The fourth-order valence-corrected chi connectivity index (χ4v) is 2.99. The quantitative estimate of drug-likeness (QED) is 0.755. The van der Waals surface area contributed by atoms with Gasteiger partial charge in [0.2, 0.25) is 5.91 Å². The molecule has 8 heteroatoms. The van der Waals surface area contributed by atoms with Crippen molar-refractivity contribution in [3.63, 3.8) is 0 Å². The second-order valence-electron chi connectivity index (χ2n) is 6.84. The first-order valence-corrected chi connectivity index (χ1v) is 9.03. The number of benzene rings is 1. The number of aromatic nitrogens is 2. The fraction of sp³-hybridized carbons (Fsp3) is 0.350. The van der Waals surface area contributed by atoms with Crippen LogP contribution in [0.15, 0.2) is 30.3 Å². The Labute approximate surface area is 163 Å². The van der Waals surface area contributed by atoms with E-state index >= 15 is 0 Å². The van der Waals surface area contributed by atoms with Gasteiger partial charge >= 0.3 is 0 Å². The van der Waals surface area contributed by atoms with E-state index in [2.05, 4.69) is 14.9 Å². The molecule has 1 fully saturated rings. The Hall–Kier alpha value is -3.03. The molecule has 0 bridgehead atoms. The van der Waals surface area contributed by atoms with Gasteiger partial charge in [0.05, 0.1) is 0 Å². The maximum absolute atomic E-state index is 13.7. The lowest BCUT2D eigenvalue weighted by molar-refractivity contribution is -0.126. The van der Waals surface area contributed by atoms with Crippen molar-refractivity contribution in [1.29, 1.82) is 0 Å². The minimum atomic E-state index is -0.564. The lowest BCUT2D eigenvalue weighted by Gasteiger charge is -2.35. The summed E-state index contributed by atoms with van der Waals surface area (Å²) in [5.41, 5.74) is 0.0552. The van der Waals surface area contributed by atoms with Crippen LogP contribution in [0.1, 0.15) is 11.4 Å². The molecule has 1 amide bonds. The van der Waals surface area contributed by atoms with E-state index in [9.17, 15) is 13.6 Å². The average molecular weight is 387 g/mol. The third-order valence-electron chi connectivity index (χ3n) is 4.55. The summed E-state index contributed by atoms with van der Waals surface area (Å²) < 4.78 is 26.9. The molecule has 0 radical (unpaired) electrons. The Morgan fingerprint density at radius 1 is 1.11 bits per heavy atom. The van der Waals surface area contributed by atoms with Gasteiger partial charge in [-0.2, -0.15) is 0 Å². The molecule has 1 aromatic carbocycles. The third kappa shape index (κ3) is 4.62. The number of hydrogen-bond donors (Lipinski definition) is 0. The van der Waals surface area contributed by atoms with Crippen molar-refractivity contribution in [2.24, 2.45) is 0 Å². The normalized spacial score (nSPS) is 14.6. The van der Waals surface area contributed by atoms with Crippen molar-refractivity contribution in [2.45, 2.75) is 6.92 Å². The van der Waals surface area contributed by atoms with Crippen LogP contribution >= 0.6 is 0 Å². The van der Waals surface area contributed by atoms with Crippen LogP contribution in [-0.4, -0.2) is 61.0 Å². The highest BCUT2D eigenvalue weighted by molar-refractivity contribution is 5.92. The van der Waals surface area contributed by atoms with Crippen molar-refractivity contribution < 1.29 is 13.6 Å². The molecule has 2 aromatic rings. The number of carbonyl (C=O) groups is 1. The van der Waals surface area contributed by atoms with Gasteiger partial charge in [-0.15, -0.1) is 0 Å². The third-order valence-corrected chi connectivity index (χ3v) is 4.55. The molecule has 0 unspecified atom stereocenters. The van der Waals surface area contributed by atoms with Crippen LogP contribution in [0, 0.1) is 18.6 Å².